The highest BCUT2D eigenvalue weighted by Gasteiger charge is 2.42. The molecule has 1 aliphatic heterocycles. The average molecular weight is 489 g/mol. The minimum absolute atomic E-state index is 0.119. The van der Waals surface area contributed by atoms with Crippen LogP contribution in [0, 0.1) is 6.92 Å². The summed E-state index contributed by atoms with van der Waals surface area (Å²) >= 11 is 12.2. The van der Waals surface area contributed by atoms with Gasteiger partial charge in [-0.2, -0.15) is 0 Å². The predicted molar refractivity (Wildman–Crippen MR) is 141 cm³/mol. The summed E-state index contributed by atoms with van der Waals surface area (Å²) in [7, 11) is 0. The highest BCUT2D eigenvalue weighted by molar-refractivity contribution is 7.80. The molecule has 4 aromatic rings. The van der Waals surface area contributed by atoms with Gasteiger partial charge in [0.2, 0.25) is 0 Å². The average Bonchev–Trinajstić information content (AvgIpc) is 3.46. The Morgan fingerprint density at radius 1 is 1.03 bits per heavy atom. The lowest BCUT2D eigenvalue weighted by Gasteiger charge is -2.29. The van der Waals surface area contributed by atoms with Crippen LogP contribution < -0.4 is 15.0 Å². The Kier molecular flexibility index (Phi) is 6.26. The molecular formula is C27H25ClN4OS. The topological polar surface area (TPSA) is 42.3 Å². The molecular weight excluding hydrogens is 464 g/mol. The number of nitrogens with one attached hydrogen (secondary N) is 1. The molecule has 0 amide bonds. The van der Waals surface area contributed by atoms with Crippen LogP contribution in [-0.2, 0) is 0 Å². The molecule has 0 aliphatic carbocycles. The molecule has 2 aromatic heterocycles. The number of ether oxygens (including phenoxy) is 1. The molecule has 0 bridgehead atoms. The van der Waals surface area contributed by atoms with E-state index in [1.54, 1.807) is 0 Å². The van der Waals surface area contributed by atoms with Crippen molar-refractivity contribution in [3.05, 3.63) is 107 Å². The molecule has 0 unspecified atom stereocenters. The van der Waals surface area contributed by atoms with Crippen molar-refractivity contribution in [2.24, 2.45) is 0 Å². The van der Waals surface area contributed by atoms with Crippen molar-refractivity contribution in [2.45, 2.75) is 25.9 Å². The number of rotatable bonds is 6. The first-order chi connectivity index (χ1) is 16.6. The van der Waals surface area contributed by atoms with Gasteiger partial charge in [-0.1, -0.05) is 17.7 Å². The van der Waals surface area contributed by atoms with Crippen LogP contribution in [-0.4, -0.2) is 21.3 Å². The van der Waals surface area contributed by atoms with E-state index in [0.717, 1.165) is 39.1 Å². The second-order valence-corrected chi connectivity index (χ2v) is 8.95. The fourth-order valence-corrected chi connectivity index (χ4v) is 4.92. The number of thiocarbonyl (C=S) groups is 1. The van der Waals surface area contributed by atoms with Gasteiger partial charge in [0.15, 0.2) is 5.11 Å². The van der Waals surface area contributed by atoms with Crippen LogP contribution in [0.3, 0.4) is 0 Å². The predicted octanol–water partition coefficient (Wildman–Crippen LogP) is 6.41. The van der Waals surface area contributed by atoms with Gasteiger partial charge in [0, 0.05) is 34.5 Å². The van der Waals surface area contributed by atoms with E-state index in [-0.39, 0.29) is 12.1 Å². The van der Waals surface area contributed by atoms with E-state index >= 15 is 0 Å². The van der Waals surface area contributed by atoms with E-state index in [1.807, 2.05) is 74.6 Å². The highest BCUT2D eigenvalue weighted by Crippen LogP contribution is 2.42. The number of aromatic nitrogens is 2. The quantitative estimate of drug-likeness (QED) is 0.318. The molecule has 1 N–H and O–H groups in total. The number of halogens is 1. The largest absolute Gasteiger partial charge is 0.494 e. The summed E-state index contributed by atoms with van der Waals surface area (Å²) < 4.78 is 7.84. The molecule has 172 valence electrons. The molecule has 0 radical (unpaired) electrons. The van der Waals surface area contributed by atoms with Gasteiger partial charge >= 0.3 is 0 Å². The maximum Gasteiger partial charge on any atom is 0.174 e. The zero-order valence-corrected chi connectivity index (χ0v) is 20.6. The third-order valence-electron chi connectivity index (χ3n) is 6.03. The Morgan fingerprint density at radius 3 is 2.53 bits per heavy atom. The van der Waals surface area contributed by atoms with Gasteiger partial charge in [0.1, 0.15) is 11.8 Å². The number of hydrogen-bond donors (Lipinski definition) is 1. The minimum atomic E-state index is -0.123. The molecule has 5 rings (SSSR count). The van der Waals surface area contributed by atoms with Crippen LogP contribution in [0.25, 0.3) is 5.69 Å². The number of anilines is 1. The Morgan fingerprint density at radius 2 is 1.82 bits per heavy atom. The molecule has 34 heavy (non-hydrogen) atoms. The van der Waals surface area contributed by atoms with E-state index < -0.39 is 0 Å². The second-order valence-electron chi connectivity index (χ2n) is 8.16. The summed E-state index contributed by atoms with van der Waals surface area (Å²) in [6.45, 7) is 4.62. The van der Waals surface area contributed by atoms with E-state index in [2.05, 4.69) is 44.2 Å². The third-order valence-corrected chi connectivity index (χ3v) is 6.77. The SMILES string of the molecule is CCOc1ccc(N2C(=S)N[C@@H](c3ccccn3)[C@@H]2c2cccn2-c2ccc(Cl)c(C)c2)cc1. The molecule has 2 atom stereocenters. The summed E-state index contributed by atoms with van der Waals surface area (Å²) in [5.41, 5.74) is 5.10. The van der Waals surface area contributed by atoms with Crippen molar-refractivity contribution in [2.75, 3.05) is 11.5 Å². The lowest BCUT2D eigenvalue weighted by Crippen LogP contribution is -2.30. The minimum Gasteiger partial charge on any atom is -0.494 e. The van der Waals surface area contributed by atoms with Gasteiger partial charge in [0.05, 0.1) is 18.3 Å². The molecule has 1 aliphatic rings. The van der Waals surface area contributed by atoms with Crippen LogP contribution >= 0.6 is 23.8 Å². The van der Waals surface area contributed by atoms with E-state index in [4.69, 9.17) is 28.6 Å². The van der Waals surface area contributed by atoms with E-state index in [0.29, 0.717) is 11.7 Å². The van der Waals surface area contributed by atoms with Crippen LogP contribution in [0.2, 0.25) is 5.02 Å². The first kappa shape index (κ1) is 22.4. The van der Waals surface area contributed by atoms with Gasteiger partial charge < -0.3 is 19.5 Å². The molecule has 1 fully saturated rings. The fourth-order valence-electron chi connectivity index (χ4n) is 4.45. The molecule has 5 nitrogen and oxygen atoms in total. The third kappa shape index (κ3) is 4.15. The van der Waals surface area contributed by atoms with Crippen molar-refractivity contribution >= 4 is 34.6 Å². The Bertz CT molecular complexity index is 1310. The van der Waals surface area contributed by atoms with Crippen LogP contribution in [0.4, 0.5) is 5.69 Å². The van der Waals surface area contributed by atoms with E-state index in [1.165, 1.54) is 0 Å². The van der Waals surface area contributed by atoms with Gasteiger partial charge in [-0.25, -0.2) is 0 Å². The monoisotopic (exact) mass is 488 g/mol. The van der Waals surface area contributed by atoms with E-state index in [9.17, 15) is 0 Å². The summed E-state index contributed by atoms with van der Waals surface area (Å²) in [5.74, 6) is 0.835. The van der Waals surface area contributed by atoms with Crippen molar-refractivity contribution in [3.63, 3.8) is 0 Å². The Balaban J connectivity index is 1.63. The smallest absolute Gasteiger partial charge is 0.174 e. The standard InChI is InChI=1S/C27H25ClN4OS/c1-3-33-21-12-9-19(10-13-21)32-26(25(30-27(32)34)23-7-4-5-15-29-23)24-8-6-16-31(24)20-11-14-22(28)18(2)17-20/h4-17,25-26H,3H2,1-2H3,(H,30,34)/t25-,26-/m0/s1. The van der Waals surface area contributed by atoms with Gasteiger partial charge in [-0.15, -0.1) is 0 Å². The Hall–Kier alpha value is -3.35. The molecule has 7 heteroatoms. The normalized spacial score (nSPS) is 17.6. The molecule has 0 spiro atoms. The van der Waals surface area contributed by atoms with Crippen LogP contribution in [0.1, 0.15) is 36.0 Å². The van der Waals surface area contributed by atoms with Crippen molar-refractivity contribution in [3.8, 4) is 11.4 Å². The number of aryl methyl sites for hydroxylation is 1. The Labute approximate surface area is 210 Å². The number of hydrogen-bond acceptors (Lipinski definition) is 3. The first-order valence-electron chi connectivity index (χ1n) is 11.2. The fraction of sp³-hybridized carbons (Fsp3) is 0.185. The lowest BCUT2D eigenvalue weighted by molar-refractivity contribution is 0.340. The summed E-state index contributed by atoms with van der Waals surface area (Å²) in [5, 5.41) is 4.94. The van der Waals surface area contributed by atoms with Crippen LogP contribution in [0.5, 0.6) is 5.75 Å². The van der Waals surface area contributed by atoms with Crippen molar-refractivity contribution in [1.82, 2.24) is 14.9 Å². The van der Waals surface area contributed by atoms with Crippen LogP contribution in [0.15, 0.2) is 85.2 Å². The molecule has 3 heterocycles. The summed E-state index contributed by atoms with van der Waals surface area (Å²) in [4.78, 5) is 6.82. The zero-order valence-electron chi connectivity index (χ0n) is 19.0. The number of benzene rings is 2. The lowest BCUT2D eigenvalue weighted by atomic mass is 10.0. The highest BCUT2D eigenvalue weighted by atomic mass is 35.5. The zero-order chi connectivity index (χ0) is 23.7. The second kappa shape index (κ2) is 9.49. The maximum atomic E-state index is 6.31. The number of nitrogens with zero attached hydrogens (tertiary/aromatic N) is 3. The summed E-state index contributed by atoms with van der Waals surface area (Å²) in [6, 6.07) is 24.1. The van der Waals surface area contributed by atoms with Crippen molar-refractivity contribution in [1.29, 1.82) is 0 Å². The molecule has 1 saturated heterocycles. The van der Waals surface area contributed by atoms with Gasteiger partial charge in [-0.05, 0) is 98.4 Å². The summed E-state index contributed by atoms with van der Waals surface area (Å²) in [6.07, 6.45) is 3.89. The maximum absolute atomic E-state index is 6.31. The molecule has 2 aromatic carbocycles. The van der Waals surface area contributed by atoms with Crippen molar-refractivity contribution < 1.29 is 4.74 Å². The molecule has 0 saturated carbocycles. The van der Waals surface area contributed by atoms with Gasteiger partial charge in [0.25, 0.3) is 0 Å². The van der Waals surface area contributed by atoms with Gasteiger partial charge in [-0.3, -0.25) is 4.98 Å². The number of pyridine rings is 1. The first-order valence-corrected chi connectivity index (χ1v) is 12.0.